The number of halogens is 2. The molecule has 0 fully saturated rings. The lowest BCUT2D eigenvalue weighted by molar-refractivity contribution is 0.0992. The van der Waals surface area contributed by atoms with Crippen molar-refractivity contribution in [3.8, 4) is 0 Å². The molecule has 0 aliphatic carbocycles. The minimum atomic E-state index is -0.881. The molecule has 2 aromatic carbocycles. The Morgan fingerprint density at radius 2 is 1.90 bits per heavy atom. The maximum atomic E-state index is 13.4. The number of hydrogen-bond acceptors (Lipinski definition) is 2. The fraction of sp³-hybridized carbons (Fsp3) is 0.0667. The van der Waals surface area contributed by atoms with Crippen molar-refractivity contribution in [2.24, 2.45) is 5.73 Å². The molecule has 2 aromatic rings. The second kappa shape index (κ2) is 6.21. The smallest absolute Gasteiger partial charge is 0.256 e. The fourth-order valence-electron chi connectivity index (χ4n) is 1.81. The predicted octanol–water partition coefficient (Wildman–Crippen LogP) is 3.09. The number of anilines is 1. The molecule has 0 saturated heterocycles. The number of carbonyl (C=O) groups excluding carboxylic acids is 2. The topological polar surface area (TPSA) is 72.2 Å². The zero-order chi connectivity index (χ0) is 15.6. The number of hydrogen-bond donors (Lipinski definition) is 2. The number of aryl methyl sites for hydroxylation is 1. The minimum absolute atomic E-state index is 0.258. The molecular formula is C15H12FIN2O2. The number of nitrogens with one attached hydrogen (secondary N) is 1. The molecule has 0 unspecified atom stereocenters. The molecule has 0 aliphatic rings. The van der Waals surface area contributed by atoms with E-state index in [2.05, 4.69) is 27.9 Å². The van der Waals surface area contributed by atoms with E-state index in [-0.39, 0.29) is 11.5 Å². The van der Waals surface area contributed by atoms with Gasteiger partial charge in [-0.05, 0) is 59.3 Å². The summed E-state index contributed by atoms with van der Waals surface area (Å²) in [5.41, 5.74) is 6.63. The summed E-state index contributed by atoms with van der Waals surface area (Å²) in [5, 5.41) is 2.63. The Kier molecular flexibility index (Phi) is 4.56. The molecule has 4 nitrogen and oxygen atoms in total. The Labute approximate surface area is 134 Å². The van der Waals surface area contributed by atoms with Gasteiger partial charge in [-0.15, -0.1) is 0 Å². The molecule has 21 heavy (non-hydrogen) atoms. The molecule has 0 bridgehead atoms. The summed E-state index contributed by atoms with van der Waals surface area (Å²) in [4.78, 5) is 23.3. The van der Waals surface area contributed by atoms with Crippen LogP contribution in [0.2, 0.25) is 0 Å². The molecule has 0 aromatic heterocycles. The maximum Gasteiger partial charge on any atom is 0.256 e. The van der Waals surface area contributed by atoms with Crippen molar-refractivity contribution >= 4 is 40.1 Å². The van der Waals surface area contributed by atoms with Gasteiger partial charge < -0.3 is 11.1 Å². The summed E-state index contributed by atoms with van der Waals surface area (Å²) in [7, 11) is 0. The van der Waals surface area contributed by atoms with Crippen molar-refractivity contribution in [1.82, 2.24) is 0 Å². The van der Waals surface area contributed by atoms with Crippen molar-refractivity contribution in [2.45, 2.75) is 6.92 Å². The van der Waals surface area contributed by atoms with Crippen LogP contribution in [-0.2, 0) is 0 Å². The largest absolute Gasteiger partial charge is 0.366 e. The average Bonchev–Trinajstić information content (AvgIpc) is 2.43. The van der Waals surface area contributed by atoms with Crippen LogP contribution in [-0.4, -0.2) is 11.8 Å². The Morgan fingerprint density at radius 1 is 1.19 bits per heavy atom. The van der Waals surface area contributed by atoms with Gasteiger partial charge >= 0.3 is 0 Å². The van der Waals surface area contributed by atoms with Crippen LogP contribution in [0, 0.1) is 16.3 Å². The summed E-state index contributed by atoms with van der Waals surface area (Å²) in [6.07, 6.45) is 0. The first-order chi connectivity index (χ1) is 9.90. The van der Waals surface area contributed by atoms with Crippen molar-refractivity contribution < 1.29 is 14.0 Å². The number of amides is 2. The van der Waals surface area contributed by atoms with E-state index < -0.39 is 11.7 Å². The van der Waals surface area contributed by atoms with Crippen LogP contribution >= 0.6 is 22.6 Å². The summed E-state index contributed by atoms with van der Waals surface area (Å²) in [6.45, 7) is 1.90. The molecule has 0 radical (unpaired) electrons. The molecule has 0 saturated carbocycles. The van der Waals surface area contributed by atoms with Gasteiger partial charge in [0.2, 0.25) is 0 Å². The predicted molar refractivity (Wildman–Crippen MR) is 86.8 cm³/mol. The maximum absolute atomic E-state index is 13.4. The lowest BCUT2D eigenvalue weighted by Crippen LogP contribution is -2.16. The molecule has 0 aliphatic heterocycles. The van der Waals surface area contributed by atoms with Crippen LogP contribution in [0.4, 0.5) is 10.1 Å². The summed E-state index contributed by atoms with van der Waals surface area (Å²) in [5.74, 6) is -1.93. The van der Waals surface area contributed by atoms with Gasteiger partial charge in [0.05, 0.1) is 11.1 Å². The van der Waals surface area contributed by atoms with Crippen molar-refractivity contribution in [3.05, 3.63) is 62.5 Å². The lowest BCUT2D eigenvalue weighted by Gasteiger charge is -2.09. The number of benzene rings is 2. The SMILES string of the molecule is Cc1cccc(C(=O)Nc2ccc(F)c(C(N)=O)c2)c1I. The second-order valence-corrected chi connectivity index (χ2v) is 5.53. The van der Waals surface area contributed by atoms with Gasteiger partial charge in [-0.2, -0.15) is 0 Å². The molecule has 3 N–H and O–H groups in total. The first-order valence-electron chi connectivity index (χ1n) is 6.06. The highest BCUT2D eigenvalue weighted by atomic mass is 127. The summed E-state index contributed by atoms with van der Waals surface area (Å²) < 4.78 is 14.2. The van der Waals surface area contributed by atoms with Crippen molar-refractivity contribution in [2.75, 3.05) is 5.32 Å². The van der Waals surface area contributed by atoms with E-state index in [9.17, 15) is 14.0 Å². The van der Waals surface area contributed by atoms with E-state index in [4.69, 9.17) is 5.73 Å². The van der Waals surface area contributed by atoms with Crippen LogP contribution in [0.5, 0.6) is 0 Å². The highest BCUT2D eigenvalue weighted by Gasteiger charge is 2.14. The number of rotatable bonds is 3. The van der Waals surface area contributed by atoms with Crippen LogP contribution in [0.3, 0.4) is 0 Å². The van der Waals surface area contributed by atoms with Gasteiger partial charge in [0.1, 0.15) is 5.82 Å². The standard InChI is InChI=1S/C15H12FIN2O2/c1-8-3-2-4-10(13(8)17)15(21)19-9-5-6-12(16)11(7-9)14(18)20/h2-7H,1H3,(H2,18,20)(H,19,21). The van der Waals surface area contributed by atoms with Crippen molar-refractivity contribution in [1.29, 1.82) is 0 Å². The quantitative estimate of drug-likeness (QED) is 0.781. The third-order valence-corrected chi connectivity index (χ3v) is 4.36. The molecule has 2 amide bonds. The zero-order valence-electron chi connectivity index (χ0n) is 11.1. The Bertz CT molecular complexity index is 732. The monoisotopic (exact) mass is 398 g/mol. The van der Waals surface area contributed by atoms with Gasteiger partial charge in [0.15, 0.2) is 0 Å². The summed E-state index contributed by atoms with van der Waals surface area (Å²) >= 11 is 2.09. The van der Waals surface area contributed by atoms with Crippen LogP contribution in [0.1, 0.15) is 26.3 Å². The van der Waals surface area contributed by atoms with Crippen LogP contribution < -0.4 is 11.1 Å². The third-order valence-electron chi connectivity index (χ3n) is 2.93. The number of nitrogens with two attached hydrogens (primary N) is 1. The molecule has 6 heteroatoms. The van der Waals surface area contributed by atoms with Gasteiger partial charge in [-0.3, -0.25) is 9.59 Å². The van der Waals surface area contributed by atoms with Crippen molar-refractivity contribution in [3.63, 3.8) is 0 Å². The normalized spacial score (nSPS) is 10.2. The third kappa shape index (κ3) is 3.38. The van der Waals surface area contributed by atoms with Crippen LogP contribution in [0.15, 0.2) is 36.4 Å². The van der Waals surface area contributed by atoms with Gasteiger partial charge in [-0.1, -0.05) is 12.1 Å². The zero-order valence-corrected chi connectivity index (χ0v) is 13.3. The van der Waals surface area contributed by atoms with Crippen LogP contribution in [0.25, 0.3) is 0 Å². The Morgan fingerprint density at radius 3 is 2.57 bits per heavy atom. The average molecular weight is 398 g/mol. The van der Waals surface area contributed by atoms with E-state index in [1.54, 1.807) is 12.1 Å². The van der Waals surface area contributed by atoms with E-state index in [1.165, 1.54) is 12.1 Å². The Hall–Kier alpha value is -1.96. The fourth-order valence-corrected chi connectivity index (χ4v) is 2.42. The molecule has 0 heterocycles. The molecule has 0 atom stereocenters. The van der Waals surface area contributed by atoms with E-state index in [1.807, 2.05) is 13.0 Å². The van der Waals surface area contributed by atoms with Gasteiger partial charge in [0, 0.05) is 9.26 Å². The summed E-state index contributed by atoms with van der Waals surface area (Å²) in [6, 6.07) is 9.08. The molecule has 0 spiro atoms. The van der Waals surface area contributed by atoms with E-state index in [0.717, 1.165) is 15.2 Å². The van der Waals surface area contributed by atoms with E-state index >= 15 is 0 Å². The number of primary amides is 1. The highest BCUT2D eigenvalue weighted by Crippen LogP contribution is 2.19. The second-order valence-electron chi connectivity index (χ2n) is 4.45. The van der Waals surface area contributed by atoms with Gasteiger partial charge in [-0.25, -0.2) is 4.39 Å². The Balaban J connectivity index is 2.30. The first-order valence-corrected chi connectivity index (χ1v) is 7.14. The molecular weight excluding hydrogens is 386 g/mol. The molecule has 2 rings (SSSR count). The molecule has 108 valence electrons. The van der Waals surface area contributed by atoms with E-state index in [0.29, 0.717) is 11.3 Å². The highest BCUT2D eigenvalue weighted by molar-refractivity contribution is 14.1. The van der Waals surface area contributed by atoms with Gasteiger partial charge in [0.25, 0.3) is 11.8 Å². The minimum Gasteiger partial charge on any atom is -0.366 e. The lowest BCUT2D eigenvalue weighted by atomic mass is 10.1. The number of carbonyl (C=O) groups is 2. The first kappa shape index (κ1) is 15.4.